The van der Waals surface area contributed by atoms with Gasteiger partial charge in [0, 0.05) is 18.7 Å². The van der Waals surface area contributed by atoms with Crippen LogP contribution in [0.4, 0.5) is 0 Å². The highest BCUT2D eigenvalue weighted by atomic mass is 16.5. The van der Waals surface area contributed by atoms with E-state index < -0.39 is 0 Å². The first kappa shape index (κ1) is 14.4. The van der Waals surface area contributed by atoms with Crippen molar-refractivity contribution in [2.45, 2.75) is 19.8 Å². The Morgan fingerprint density at radius 2 is 1.70 bits per heavy atom. The zero-order valence-electron chi connectivity index (χ0n) is 11.9. The molecule has 0 bridgehead atoms. The van der Waals surface area contributed by atoms with Gasteiger partial charge in [0.25, 0.3) is 0 Å². The van der Waals surface area contributed by atoms with E-state index >= 15 is 0 Å². The molecule has 2 aromatic rings. The average molecular weight is 272 g/mol. The third-order valence-electron chi connectivity index (χ3n) is 3.48. The van der Waals surface area contributed by atoms with Crippen molar-refractivity contribution in [1.29, 1.82) is 0 Å². The lowest BCUT2D eigenvalue weighted by Crippen LogP contribution is -2.02. The van der Waals surface area contributed by atoms with E-state index in [1.807, 2.05) is 37.3 Å². The molecule has 3 nitrogen and oxygen atoms in total. The van der Waals surface area contributed by atoms with Crippen molar-refractivity contribution in [2.75, 3.05) is 13.7 Å². The summed E-state index contributed by atoms with van der Waals surface area (Å²) in [6.07, 6.45) is 1.37. The molecule has 106 valence electrons. The molecule has 0 heterocycles. The van der Waals surface area contributed by atoms with Crippen LogP contribution in [0.1, 0.15) is 18.1 Å². The van der Waals surface area contributed by atoms with Crippen LogP contribution in [0.5, 0.6) is 11.5 Å². The van der Waals surface area contributed by atoms with Gasteiger partial charge in [-0.1, -0.05) is 37.3 Å². The summed E-state index contributed by atoms with van der Waals surface area (Å²) < 4.78 is 5.15. The minimum absolute atomic E-state index is 0.108. The number of aromatic hydroxyl groups is 2. The Hall–Kier alpha value is -2.00. The van der Waals surface area contributed by atoms with Crippen molar-refractivity contribution >= 4 is 0 Å². The molecule has 0 radical (unpaired) electrons. The molecule has 0 aliphatic rings. The van der Waals surface area contributed by atoms with Crippen LogP contribution in [0.3, 0.4) is 0 Å². The quantitative estimate of drug-likeness (QED) is 0.875. The third-order valence-corrected chi connectivity index (χ3v) is 3.48. The molecule has 0 aliphatic carbocycles. The van der Waals surface area contributed by atoms with Crippen LogP contribution < -0.4 is 0 Å². The van der Waals surface area contributed by atoms with Crippen molar-refractivity contribution in [3.8, 4) is 22.6 Å². The number of phenols is 2. The van der Waals surface area contributed by atoms with E-state index in [1.54, 1.807) is 7.11 Å². The summed E-state index contributed by atoms with van der Waals surface area (Å²) in [4.78, 5) is 0. The summed E-state index contributed by atoms with van der Waals surface area (Å²) >= 11 is 0. The third kappa shape index (κ3) is 2.78. The number of phenolic OH excluding ortho intramolecular Hbond substituents is 2. The second kappa shape index (κ2) is 6.44. The van der Waals surface area contributed by atoms with E-state index in [0.29, 0.717) is 19.4 Å². The summed E-state index contributed by atoms with van der Waals surface area (Å²) in [5.74, 6) is 0.257. The van der Waals surface area contributed by atoms with E-state index in [9.17, 15) is 10.2 Å². The highest BCUT2D eigenvalue weighted by Gasteiger charge is 2.17. The van der Waals surface area contributed by atoms with Gasteiger partial charge in [-0.15, -0.1) is 0 Å². The van der Waals surface area contributed by atoms with E-state index in [-0.39, 0.29) is 11.5 Å². The smallest absolute Gasteiger partial charge is 0.127 e. The summed E-state index contributed by atoms with van der Waals surface area (Å²) in [6, 6.07) is 11.2. The van der Waals surface area contributed by atoms with Crippen LogP contribution in [-0.2, 0) is 17.6 Å². The van der Waals surface area contributed by atoms with Crippen molar-refractivity contribution in [3.63, 3.8) is 0 Å². The van der Waals surface area contributed by atoms with E-state index in [0.717, 1.165) is 22.3 Å². The molecule has 20 heavy (non-hydrogen) atoms. The van der Waals surface area contributed by atoms with Crippen LogP contribution in [0.2, 0.25) is 0 Å². The molecule has 3 heteroatoms. The first-order valence-electron chi connectivity index (χ1n) is 6.80. The largest absolute Gasteiger partial charge is 0.508 e. The minimum Gasteiger partial charge on any atom is -0.508 e. The van der Waals surface area contributed by atoms with Crippen LogP contribution in [-0.4, -0.2) is 23.9 Å². The highest BCUT2D eigenvalue weighted by molar-refractivity contribution is 5.76. The van der Waals surface area contributed by atoms with Gasteiger partial charge in [-0.25, -0.2) is 0 Å². The Balaban J connectivity index is 2.64. The van der Waals surface area contributed by atoms with Crippen LogP contribution in [0.25, 0.3) is 11.1 Å². The Labute approximate surface area is 119 Å². The molecule has 0 atom stereocenters. The van der Waals surface area contributed by atoms with Gasteiger partial charge in [0.2, 0.25) is 0 Å². The van der Waals surface area contributed by atoms with Gasteiger partial charge in [0.1, 0.15) is 11.5 Å². The van der Waals surface area contributed by atoms with Gasteiger partial charge < -0.3 is 14.9 Å². The predicted octanol–water partition coefficient (Wildman–Crippen LogP) is 3.52. The summed E-state index contributed by atoms with van der Waals surface area (Å²) in [6.45, 7) is 2.55. The van der Waals surface area contributed by atoms with Crippen molar-refractivity contribution < 1.29 is 14.9 Å². The maximum absolute atomic E-state index is 10.2. The van der Waals surface area contributed by atoms with Crippen LogP contribution in [0.15, 0.2) is 36.4 Å². The van der Waals surface area contributed by atoms with Crippen molar-refractivity contribution in [3.05, 3.63) is 47.5 Å². The van der Waals surface area contributed by atoms with Crippen LogP contribution in [0, 0.1) is 0 Å². The van der Waals surface area contributed by atoms with Gasteiger partial charge in [-0.05, 0) is 29.5 Å². The molecule has 2 aromatic carbocycles. The molecule has 2 rings (SSSR count). The van der Waals surface area contributed by atoms with Crippen molar-refractivity contribution in [2.24, 2.45) is 0 Å². The second-order valence-electron chi connectivity index (χ2n) is 4.71. The van der Waals surface area contributed by atoms with E-state index in [4.69, 9.17) is 4.74 Å². The molecule has 2 N–H and O–H groups in total. The fraction of sp³-hybridized carbons (Fsp3) is 0.294. The van der Waals surface area contributed by atoms with E-state index in [1.165, 1.54) is 6.07 Å². The second-order valence-corrected chi connectivity index (χ2v) is 4.71. The predicted molar refractivity (Wildman–Crippen MR) is 80.2 cm³/mol. The normalized spacial score (nSPS) is 10.7. The van der Waals surface area contributed by atoms with Gasteiger partial charge in [-0.3, -0.25) is 0 Å². The van der Waals surface area contributed by atoms with E-state index in [2.05, 4.69) is 0 Å². The summed E-state index contributed by atoms with van der Waals surface area (Å²) in [5.41, 5.74) is 3.57. The lowest BCUT2D eigenvalue weighted by Gasteiger charge is -2.17. The summed E-state index contributed by atoms with van der Waals surface area (Å²) in [5, 5.41) is 20.3. The number of benzene rings is 2. The van der Waals surface area contributed by atoms with Crippen molar-refractivity contribution in [1.82, 2.24) is 0 Å². The molecule has 0 fully saturated rings. The molecule has 0 unspecified atom stereocenters. The molecular weight excluding hydrogens is 252 g/mol. The molecule has 0 aromatic heterocycles. The number of rotatable bonds is 5. The average Bonchev–Trinajstić information content (AvgIpc) is 2.45. The van der Waals surface area contributed by atoms with Crippen LogP contribution >= 0.6 is 0 Å². The van der Waals surface area contributed by atoms with Gasteiger partial charge in [0.05, 0.1) is 6.61 Å². The highest BCUT2D eigenvalue weighted by Crippen LogP contribution is 2.39. The lowest BCUT2D eigenvalue weighted by atomic mass is 9.91. The SMILES string of the molecule is CCc1c(O)cc(O)c(-c2ccccc2)c1CCOC. The summed E-state index contributed by atoms with van der Waals surface area (Å²) in [7, 11) is 1.65. The standard InChI is InChI=1S/C17H20O3/c1-3-13-14(9-10-20-2)17(16(19)11-15(13)18)12-7-5-4-6-8-12/h4-8,11,18-19H,3,9-10H2,1-2H3. The number of hydrogen-bond acceptors (Lipinski definition) is 3. The number of ether oxygens (including phenoxy) is 1. The zero-order chi connectivity index (χ0) is 14.5. The minimum atomic E-state index is 0.108. The number of methoxy groups -OCH3 is 1. The monoisotopic (exact) mass is 272 g/mol. The molecule has 0 spiro atoms. The fourth-order valence-electron chi connectivity index (χ4n) is 2.55. The maximum atomic E-state index is 10.2. The Morgan fingerprint density at radius 1 is 1.00 bits per heavy atom. The molecule has 0 saturated carbocycles. The Kier molecular flexibility index (Phi) is 4.64. The van der Waals surface area contributed by atoms with Gasteiger partial charge in [0.15, 0.2) is 0 Å². The number of hydrogen-bond donors (Lipinski definition) is 2. The Morgan fingerprint density at radius 3 is 2.30 bits per heavy atom. The lowest BCUT2D eigenvalue weighted by molar-refractivity contribution is 0.202. The molecule has 0 aliphatic heterocycles. The Bertz CT molecular complexity index is 577. The van der Waals surface area contributed by atoms with Gasteiger partial charge >= 0.3 is 0 Å². The molecular formula is C17H20O3. The first-order valence-corrected chi connectivity index (χ1v) is 6.80. The maximum Gasteiger partial charge on any atom is 0.127 e. The first-order chi connectivity index (χ1) is 9.69. The zero-order valence-corrected chi connectivity index (χ0v) is 11.9. The fourth-order valence-corrected chi connectivity index (χ4v) is 2.55. The molecule has 0 amide bonds. The topological polar surface area (TPSA) is 49.7 Å². The molecule has 0 saturated heterocycles. The van der Waals surface area contributed by atoms with Gasteiger partial charge in [-0.2, -0.15) is 0 Å².